The van der Waals surface area contributed by atoms with Gasteiger partial charge in [0.05, 0.1) is 97.9 Å². The van der Waals surface area contributed by atoms with Crippen LogP contribution in [0.25, 0.3) is 10.1 Å². The summed E-state index contributed by atoms with van der Waals surface area (Å²) in [4.78, 5) is 63.8. The van der Waals surface area contributed by atoms with Crippen LogP contribution < -0.4 is 30.0 Å². The lowest BCUT2D eigenvalue weighted by Crippen LogP contribution is -2.34. The summed E-state index contributed by atoms with van der Waals surface area (Å²) < 4.78 is 80.4. The Hall–Kier alpha value is -4.86. The molecule has 356 valence electrons. The zero-order chi connectivity index (χ0) is 45.7. The summed E-state index contributed by atoms with van der Waals surface area (Å²) in [7, 11) is 2.72. The van der Waals surface area contributed by atoms with Gasteiger partial charge in [-0.1, -0.05) is 0 Å². The first kappa shape index (κ1) is 53.5. The summed E-state index contributed by atoms with van der Waals surface area (Å²) in [6.45, 7) is 6.23. The van der Waals surface area contributed by atoms with E-state index in [0.29, 0.717) is 49.8 Å². The van der Waals surface area contributed by atoms with Gasteiger partial charge in [-0.2, -0.15) is 0 Å². The number of benzene rings is 2. The number of hydrogen-bond acceptors (Lipinski definition) is 16. The molecule has 0 unspecified atom stereocenters. The predicted molar refractivity (Wildman–Crippen MR) is 233 cm³/mol. The van der Waals surface area contributed by atoms with E-state index in [4.69, 9.17) is 48.4 Å². The molecule has 2 heterocycles. The zero-order valence-electron chi connectivity index (χ0n) is 36.6. The van der Waals surface area contributed by atoms with Gasteiger partial charge in [-0.25, -0.2) is 8.78 Å². The second kappa shape index (κ2) is 28.1. The molecule has 4 rings (SSSR count). The SMILES string of the molecule is CCOC(=O)CCC(=O)c1cc2c(F)c(OCCCOc3c(OC)cc4c(c3F)CN(C(=O)CCC(=O)O[C@@H](C)CNC(=O)CCOCCOCCOCCN)C4)c(OC)cc2s1.Cl. The number of esters is 2. The van der Waals surface area contributed by atoms with Crippen molar-refractivity contribution < 1.29 is 75.4 Å². The van der Waals surface area contributed by atoms with Crippen LogP contribution in [0.15, 0.2) is 18.2 Å². The molecule has 0 saturated heterocycles. The molecule has 0 spiro atoms. The fraction of sp³-hybridized carbons (Fsp3) is 0.558. The van der Waals surface area contributed by atoms with Crippen molar-refractivity contribution in [1.29, 1.82) is 0 Å². The number of ketones is 1. The number of Topliss-reactive ketones (excluding diaryl/α,β-unsaturated/α-hetero) is 1. The smallest absolute Gasteiger partial charge is 0.306 e. The maximum absolute atomic E-state index is 15.9. The lowest BCUT2D eigenvalue weighted by Gasteiger charge is -2.17. The number of carbonyl (C=O) groups is 5. The van der Waals surface area contributed by atoms with E-state index >= 15 is 8.78 Å². The van der Waals surface area contributed by atoms with E-state index in [1.54, 1.807) is 26.0 Å². The first-order chi connectivity index (χ1) is 30.4. The zero-order valence-corrected chi connectivity index (χ0v) is 38.2. The average molecular weight is 946 g/mol. The highest BCUT2D eigenvalue weighted by Gasteiger charge is 2.31. The number of nitrogens with zero attached hydrogens (tertiary/aromatic N) is 1. The Bertz CT molecular complexity index is 2020. The van der Waals surface area contributed by atoms with Crippen LogP contribution in [-0.4, -0.2) is 127 Å². The van der Waals surface area contributed by atoms with E-state index < -0.39 is 29.7 Å². The Morgan fingerprint density at radius 3 is 2.06 bits per heavy atom. The van der Waals surface area contributed by atoms with Crippen LogP contribution in [0.3, 0.4) is 0 Å². The maximum atomic E-state index is 15.9. The van der Waals surface area contributed by atoms with Crippen LogP contribution in [0.1, 0.15) is 73.2 Å². The second-order valence-corrected chi connectivity index (χ2v) is 15.2. The van der Waals surface area contributed by atoms with Crippen molar-refractivity contribution in [2.24, 2.45) is 5.73 Å². The molecule has 1 aromatic heterocycles. The molecule has 0 bridgehead atoms. The van der Waals surface area contributed by atoms with Gasteiger partial charge >= 0.3 is 11.9 Å². The van der Waals surface area contributed by atoms with Crippen molar-refractivity contribution in [1.82, 2.24) is 10.2 Å². The Labute approximate surface area is 380 Å². The highest BCUT2D eigenvalue weighted by atomic mass is 35.5. The summed E-state index contributed by atoms with van der Waals surface area (Å²) in [6.07, 6.45) is -0.863. The minimum atomic E-state index is -0.720. The first-order valence-corrected chi connectivity index (χ1v) is 21.5. The van der Waals surface area contributed by atoms with Crippen LogP contribution in [-0.2, 0) is 56.0 Å². The van der Waals surface area contributed by atoms with Gasteiger partial charge in [0, 0.05) is 67.0 Å². The third kappa shape index (κ3) is 16.3. The second-order valence-electron chi connectivity index (χ2n) is 14.1. The van der Waals surface area contributed by atoms with E-state index in [1.165, 1.54) is 25.2 Å². The van der Waals surface area contributed by atoms with Crippen molar-refractivity contribution in [2.75, 3.05) is 86.8 Å². The van der Waals surface area contributed by atoms with Gasteiger partial charge in [0.25, 0.3) is 0 Å². The molecule has 0 radical (unpaired) electrons. The molecule has 1 aliphatic heterocycles. The Morgan fingerprint density at radius 1 is 0.781 bits per heavy atom. The van der Waals surface area contributed by atoms with Crippen LogP contribution in [0, 0.1) is 11.6 Å². The molecule has 1 atom stereocenters. The third-order valence-electron chi connectivity index (χ3n) is 9.43. The summed E-state index contributed by atoms with van der Waals surface area (Å²) in [6, 6.07) is 4.58. The van der Waals surface area contributed by atoms with E-state index in [2.05, 4.69) is 5.32 Å². The Kier molecular flexibility index (Phi) is 23.5. The topological polar surface area (TPSA) is 210 Å². The molecular formula is C43H58ClF2N3O14S. The van der Waals surface area contributed by atoms with Crippen LogP contribution in [0.4, 0.5) is 8.78 Å². The molecule has 0 aliphatic carbocycles. The quantitative estimate of drug-likeness (QED) is 0.0509. The van der Waals surface area contributed by atoms with Crippen LogP contribution in [0.2, 0.25) is 0 Å². The van der Waals surface area contributed by atoms with E-state index in [1.807, 2.05) is 0 Å². The molecule has 21 heteroatoms. The normalized spacial score (nSPS) is 12.3. The maximum Gasteiger partial charge on any atom is 0.306 e. The number of rotatable bonds is 30. The minimum Gasteiger partial charge on any atom is -0.493 e. The Balaban J connectivity index is 0.0000109. The number of amides is 2. The average Bonchev–Trinajstić information content (AvgIpc) is 3.91. The molecule has 3 aromatic rings. The number of ether oxygens (including phenoxy) is 9. The summed E-state index contributed by atoms with van der Waals surface area (Å²) in [5, 5.41) is 2.84. The number of thiophene rings is 1. The number of methoxy groups -OCH3 is 2. The minimum absolute atomic E-state index is 0. The van der Waals surface area contributed by atoms with Crippen LogP contribution in [0.5, 0.6) is 23.0 Å². The van der Waals surface area contributed by atoms with E-state index in [9.17, 15) is 24.0 Å². The molecule has 2 aromatic carbocycles. The molecule has 1 aliphatic rings. The number of halogens is 3. The van der Waals surface area contributed by atoms with E-state index in [0.717, 1.165) is 11.3 Å². The highest BCUT2D eigenvalue weighted by molar-refractivity contribution is 7.20. The molecule has 64 heavy (non-hydrogen) atoms. The number of nitrogens with one attached hydrogen (secondary N) is 1. The van der Waals surface area contributed by atoms with Crippen molar-refractivity contribution in [3.63, 3.8) is 0 Å². The lowest BCUT2D eigenvalue weighted by molar-refractivity contribution is -0.150. The molecule has 17 nitrogen and oxygen atoms in total. The number of fused-ring (bicyclic) bond motifs is 2. The van der Waals surface area contributed by atoms with Crippen molar-refractivity contribution in [3.8, 4) is 23.0 Å². The monoisotopic (exact) mass is 945 g/mol. The molecule has 3 N–H and O–H groups in total. The van der Waals surface area contributed by atoms with Gasteiger partial charge in [0.2, 0.25) is 11.8 Å². The van der Waals surface area contributed by atoms with Crippen molar-refractivity contribution >= 4 is 63.4 Å². The summed E-state index contributed by atoms with van der Waals surface area (Å²) in [5.74, 6) is -3.59. The number of hydrogen-bond donors (Lipinski definition) is 2. The van der Waals surface area contributed by atoms with Gasteiger partial charge in [-0.05, 0) is 31.5 Å². The lowest BCUT2D eigenvalue weighted by atomic mass is 10.1. The largest absolute Gasteiger partial charge is 0.493 e. The summed E-state index contributed by atoms with van der Waals surface area (Å²) >= 11 is 1.08. The van der Waals surface area contributed by atoms with Crippen molar-refractivity contribution in [3.05, 3.63) is 45.8 Å². The molecule has 2 amide bonds. The number of nitrogens with two attached hydrogens (primary N) is 1. The Morgan fingerprint density at radius 2 is 1.41 bits per heavy atom. The van der Waals surface area contributed by atoms with Gasteiger partial charge in [-0.3, -0.25) is 24.0 Å². The molecule has 0 saturated carbocycles. The van der Waals surface area contributed by atoms with Crippen molar-refractivity contribution in [2.45, 2.75) is 71.6 Å². The molecular weight excluding hydrogens is 888 g/mol. The highest BCUT2D eigenvalue weighted by Crippen LogP contribution is 2.41. The van der Waals surface area contributed by atoms with E-state index in [-0.39, 0.29) is 153 Å². The van der Waals surface area contributed by atoms with Gasteiger partial charge in [0.15, 0.2) is 40.4 Å². The fourth-order valence-corrected chi connectivity index (χ4v) is 7.31. The number of carbonyl (C=O) groups excluding carboxylic acids is 5. The van der Waals surface area contributed by atoms with Gasteiger partial charge in [0.1, 0.15) is 6.10 Å². The van der Waals surface area contributed by atoms with Crippen LogP contribution >= 0.6 is 23.7 Å². The third-order valence-corrected chi connectivity index (χ3v) is 10.5. The van der Waals surface area contributed by atoms with Gasteiger partial charge < -0.3 is 58.6 Å². The standard InChI is InChI=1S/C43H57F2N3O14S.ClH/c1-5-59-38(52)9-7-31(49)35-22-29-34(63-35)23-33(55-4)43(40(29)44)61-14-6-13-60-42-32(54-3)21-28-25-48(26-30(28)41(42)45)37(51)8-10-39(53)62-27(2)24-47-36(50)11-15-56-17-19-58-20-18-57-16-12-46;/h21-23,27H,5-20,24-26,46H2,1-4H3,(H,47,50);1H/t27-;/m0./s1. The fourth-order valence-electron chi connectivity index (χ4n) is 6.25. The summed E-state index contributed by atoms with van der Waals surface area (Å²) in [5.41, 5.74) is 6.11. The first-order valence-electron chi connectivity index (χ1n) is 20.7. The molecule has 0 fully saturated rings. The van der Waals surface area contributed by atoms with Gasteiger partial charge in [-0.15, -0.1) is 23.7 Å². The predicted octanol–water partition coefficient (Wildman–Crippen LogP) is 5.06.